The van der Waals surface area contributed by atoms with Gasteiger partial charge in [0, 0.05) is 17.2 Å². The maximum atomic E-state index is 11.5. The molecule has 0 saturated carbocycles. The second-order valence-corrected chi connectivity index (χ2v) is 5.76. The topological polar surface area (TPSA) is 71.8 Å². The van der Waals surface area contributed by atoms with Crippen LogP contribution in [-0.4, -0.2) is 22.3 Å². The van der Waals surface area contributed by atoms with Gasteiger partial charge in [-0.1, -0.05) is 32.5 Å². The zero-order chi connectivity index (χ0) is 12.2. The number of aromatic amines is 1. The molecule has 0 aromatic carbocycles. The van der Waals surface area contributed by atoms with Crippen molar-refractivity contribution in [1.29, 1.82) is 0 Å². The molecule has 0 atom stereocenters. The SMILES string of the molecule is CC(C)(C)c1cc(=O)[nH]c(SCCCN)n1. The lowest BCUT2D eigenvalue weighted by atomic mass is 9.92. The summed E-state index contributed by atoms with van der Waals surface area (Å²) in [6, 6.07) is 1.56. The Morgan fingerprint density at radius 3 is 2.75 bits per heavy atom. The highest BCUT2D eigenvalue weighted by atomic mass is 32.2. The number of H-pyrrole nitrogens is 1. The zero-order valence-electron chi connectivity index (χ0n) is 10.0. The highest BCUT2D eigenvalue weighted by Gasteiger charge is 2.16. The molecule has 0 amide bonds. The van der Waals surface area contributed by atoms with Crippen LogP contribution in [0, 0.1) is 0 Å². The molecule has 0 radical (unpaired) electrons. The van der Waals surface area contributed by atoms with Gasteiger partial charge in [0.15, 0.2) is 5.16 Å². The van der Waals surface area contributed by atoms with Crippen LogP contribution in [0.1, 0.15) is 32.9 Å². The summed E-state index contributed by atoms with van der Waals surface area (Å²) in [6.07, 6.45) is 0.925. The third-order valence-electron chi connectivity index (χ3n) is 2.08. The van der Waals surface area contributed by atoms with Crippen LogP contribution in [0.5, 0.6) is 0 Å². The fourth-order valence-corrected chi connectivity index (χ4v) is 1.98. The van der Waals surface area contributed by atoms with E-state index in [1.54, 1.807) is 17.8 Å². The van der Waals surface area contributed by atoms with Gasteiger partial charge in [0.25, 0.3) is 5.56 Å². The number of nitrogens with one attached hydrogen (secondary N) is 1. The van der Waals surface area contributed by atoms with Crippen molar-refractivity contribution in [1.82, 2.24) is 9.97 Å². The third kappa shape index (κ3) is 3.98. The van der Waals surface area contributed by atoms with E-state index in [4.69, 9.17) is 5.73 Å². The summed E-state index contributed by atoms with van der Waals surface area (Å²) >= 11 is 1.54. The molecule has 0 bridgehead atoms. The summed E-state index contributed by atoms with van der Waals surface area (Å²) in [5.74, 6) is 0.882. The first-order chi connectivity index (χ1) is 7.43. The van der Waals surface area contributed by atoms with Gasteiger partial charge >= 0.3 is 0 Å². The molecule has 16 heavy (non-hydrogen) atoms. The van der Waals surface area contributed by atoms with Crippen molar-refractivity contribution in [3.63, 3.8) is 0 Å². The fraction of sp³-hybridized carbons (Fsp3) is 0.636. The first-order valence-corrected chi connectivity index (χ1v) is 6.37. The van der Waals surface area contributed by atoms with Crippen LogP contribution in [0.15, 0.2) is 16.0 Å². The summed E-state index contributed by atoms with van der Waals surface area (Å²) in [4.78, 5) is 18.6. The predicted molar refractivity (Wildman–Crippen MR) is 68.0 cm³/mol. The maximum absolute atomic E-state index is 11.5. The normalized spacial score (nSPS) is 11.8. The second-order valence-electron chi connectivity index (χ2n) is 4.68. The highest BCUT2D eigenvalue weighted by molar-refractivity contribution is 7.99. The van der Waals surface area contributed by atoms with E-state index >= 15 is 0 Å². The van der Waals surface area contributed by atoms with Gasteiger partial charge in [0.05, 0.1) is 5.69 Å². The lowest BCUT2D eigenvalue weighted by molar-refractivity contribution is 0.556. The van der Waals surface area contributed by atoms with E-state index in [-0.39, 0.29) is 11.0 Å². The molecule has 0 aliphatic heterocycles. The zero-order valence-corrected chi connectivity index (χ0v) is 10.9. The van der Waals surface area contributed by atoms with Gasteiger partial charge in [-0.05, 0) is 13.0 Å². The number of hydrogen-bond donors (Lipinski definition) is 2. The maximum Gasteiger partial charge on any atom is 0.251 e. The van der Waals surface area contributed by atoms with Gasteiger partial charge in [-0.2, -0.15) is 0 Å². The van der Waals surface area contributed by atoms with Crippen LogP contribution >= 0.6 is 11.8 Å². The molecule has 0 unspecified atom stereocenters. The van der Waals surface area contributed by atoms with E-state index in [1.807, 2.05) is 20.8 Å². The van der Waals surface area contributed by atoms with Gasteiger partial charge in [0.2, 0.25) is 0 Å². The number of nitrogens with two attached hydrogens (primary N) is 1. The molecule has 5 heteroatoms. The Kier molecular flexibility index (Phi) is 4.56. The van der Waals surface area contributed by atoms with Gasteiger partial charge in [-0.15, -0.1) is 0 Å². The lowest BCUT2D eigenvalue weighted by Crippen LogP contribution is -2.19. The molecule has 1 heterocycles. The molecule has 0 aliphatic carbocycles. The van der Waals surface area contributed by atoms with Gasteiger partial charge in [-0.3, -0.25) is 4.79 Å². The van der Waals surface area contributed by atoms with E-state index in [0.29, 0.717) is 11.7 Å². The van der Waals surface area contributed by atoms with Crippen molar-refractivity contribution >= 4 is 11.8 Å². The van der Waals surface area contributed by atoms with E-state index in [2.05, 4.69) is 9.97 Å². The second kappa shape index (κ2) is 5.50. The van der Waals surface area contributed by atoms with Gasteiger partial charge < -0.3 is 10.7 Å². The van der Waals surface area contributed by atoms with Crippen molar-refractivity contribution in [2.75, 3.05) is 12.3 Å². The molecule has 1 aromatic heterocycles. The van der Waals surface area contributed by atoms with Crippen molar-refractivity contribution < 1.29 is 0 Å². The molecule has 1 rings (SSSR count). The minimum Gasteiger partial charge on any atom is -0.330 e. The van der Waals surface area contributed by atoms with Crippen molar-refractivity contribution in [3.05, 3.63) is 22.1 Å². The number of nitrogens with zero attached hydrogens (tertiary/aromatic N) is 1. The first kappa shape index (κ1) is 13.3. The Labute approximate surface area is 100 Å². The van der Waals surface area contributed by atoms with Crippen molar-refractivity contribution in [2.24, 2.45) is 5.73 Å². The molecule has 1 aromatic rings. The van der Waals surface area contributed by atoms with Crippen LogP contribution in [0.3, 0.4) is 0 Å². The molecule has 4 nitrogen and oxygen atoms in total. The number of aromatic nitrogens is 2. The summed E-state index contributed by atoms with van der Waals surface area (Å²) in [5, 5.41) is 0.686. The minimum absolute atomic E-state index is 0.0878. The number of hydrogen-bond acceptors (Lipinski definition) is 4. The molecule has 0 fully saturated rings. The molecule has 0 saturated heterocycles. The smallest absolute Gasteiger partial charge is 0.251 e. The Bertz CT molecular complexity index is 395. The van der Waals surface area contributed by atoms with E-state index in [0.717, 1.165) is 17.9 Å². The van der Waals surface area contributed by atoms with E-state index < -0.39 is 0 Å². The fourth-order valence-electron chi connectivity index (χ4n) is 1.14. The summed E-state index contributed by atoms with van der Waals surface area (Å²) in [6.45, 7) is 6.80. The number of rotatable bonds is 4. The van der Waals surface area contributed by atoms with Gasteiger partial charge in [-0.25, -0.2) is 4.98 Å². The molecular weight excluding hydrogens is 222 g/mol. The molecule has 3 N–H and O–H groups in total. The van der Waals surface area contributed by atoms with Crippen LogP contribution < -0.4 is 11.3 Å². The molecule has 90 valence electrons. The predicted octanol–water partition coefficient (Wildman–Crippen LogP) is 1.51. The average Bonchev–Trinajstić information content (AvgIpc) is 2.16. The Morgan fingerprint density at radius 2 is 2.19 bits per heavy atom. The molecule has 0 spiro atoms. The van der Waals surface area contributed by atoms with Crippen LogP contribution in [0.25, 0.3) is 0 Å². The van der Waals surface area contributed by atoms with Crippen LogP contribution in [0.2, 0.25) is 0 Å². The van der Waals surface area contributed by atoms with Crippen LogP contribution in [0.4, 0.5) is 0 Å². The van der Waals surface area contributed by atoms with E-state index in [1.165, 1.54) is 0 Å². The largest absolute Gasteiger partial charge is 0.330 e. The standard InChI is InChI=1S/C11H19N3OS/c1-11(2,3)8-7-9(15)14-10(13-8)16-6-4-5-12/h7H,4-6,12H2,1-3H3,(H,13,14,15). The van der Waals surface area contributed by atoms with Gasteiger partial charge in [0.1, 0.15) is 0 Å². The van der Waals surface area contributed by atoms with Crippen molar-refractivity contribution in [3.8, 4) is 0 Å². The minimum atomic E-state index is -0.0998. The highest BCUT2D eigenvalue weighted by Crippen LogP contribution is 2.20. The third-order valence-corrected chi connectivity index (χ3v) is 3.04. The van der Waals surface area contributed by atoms with Crippen LogP contribution in [-0.2, 0) is 5.41 Å². The quantitative estimate of drug-likeness (QED) is 0.476. The number of thioether (sulfide) groups is 1. The molecular formula is C11H19N3OS. The summed E-state index contributed by atoms with van der Waals surface area (Å²) < 4.78 is 0. The lowest BCUT2D eigenvalue weighted by Gasteiger charge is -2.17. The Hall–Kier alpha value is -0.810. The Balaban J connectivity index is 2.86. The van der Waals surface area contributed by atoms with Crippen molar-refractivity contribution in [2.45, 2.75) is 37.8 Å². The summed E-state index contributed by atoms with van der Waals surface area (Å²) in [7, 11) is 0. The molecule has 0 aliphatic rings. The monoisotopic (exact) mass is 241 g/mol. The van der Waals surface area contributed by atoms with E-state index in [9.17, 15) is 4.79 Å². The average molecular weight is 241 g/mol. The summed E-state index contributed by atoms with van der Waals surface area (Å²) in [5.41, 5.74) is 6.05. The first-order valence-electron chi connectivity index (χ1n) is 5.38. The Morgan fingerprint density at radius 1 is 1.50 bits per heavy atom.